The molecule has 84 valence electrons. The summed E-state index contributed by atoms with van der Waals surface area (Å²) in [6.45, 7) is 2.18. The first-order valence-electron chi connectivity index (χ1n) is 4.51. The van der Waals surface area contributed by atoms with Crippen molar-refractivity contribution in [3.63, 3.8) is 0 Å². The Morgan fingerprint density at radius 2 is 2.27 bits per heavy atom. The number of rotatable bonds is 3. The van der Waals surface area contributed by atoms with E-state index in [2.05, 4.69) is 4.98 Å². The molecule has 2 N–H and O–H groups in total. The zero-order valence-corrected chi connectivity index (χ0v) is 9.70. The van der Waals surface area contributed by atoms with Gasteiger partial charge in [-0.25, -0.2) is 0 Å². The summed E-state index contributed by atoms with van der Waals surface area (Å²) in [6.07, 6.45) is 1.71. The van der Waals surface area contributed by atoms with Gasteiger partial charge in [0.05, 0.1) is 18.3 Å². The molecule has 1 atom stereocenters. The first kappa shape index (κ1) is 13.9. The van der Waals surface area contributed by atoms with E-state index in [0.717, 1.165) is 5.69 Å². The monoisotopic (exact) mass is 229 g/mol. The van der Waals surface area contributed by atoms with Gasteiger partial charge in [-0.2, -0.15) is 0 Å². The molecule has 15 heavy (non-hydrogen) atoms. The Hall–Kier alpha value is -1.13. The number of likely N-dealkylation sites (N-methyl/N-ethyl adjacent to an activating group) is 1. The fourth-order valence-corrected chi connectivity index (χ4v) is 1.16. The first-order chi connectivity index (χ1) is 6.61. The highest BCUT2D eigenvalue weighted by Crippen LogP contribution is 1.99. The second-order valence-electron chi connectivity index (χ2n) is 3.30. The topological polar surface area (TPSA) is 59.2 Å². The zero-order chi connectivity index (χ0) is 10.6. The van der Waals surface area contributed by atoms with Gasteiger partial charge < -0.3 is 10.6 Å². The Bertz CT molecular complexity index is 303. The van der Waals surface area contributed by atoms with Gasteiger partial charge in [0.2, 0.25) is 5.91 Å². The Kier molecular flexibility index (Phi) is 5.89. The van der Waals surface area contributed by atoms with Gasteiger partial charge in [0, 0.05) is 13.2 Å². The van der Waals surface area contributed by atoms with Crippen LogP contribution in [0.2, 0.25) is 0 Å². The van der Waals surface area contributed by atoms with Crippen LogP contribution in [0.25, 0.3) is 0 Å². The summed E-state index contributed by atoms with van der Waals surface area (Å²) >= 11 is 0. The number of hydrogen-bond acceptors (Lipinski definition) is 3. The van der Waals surface area contributed by atoms with Crippen LogP contribution in [0.1, 0.15) is 12.6 Å². The van der Waals surface area contributed by atoms with Gasteiger partial charge >= 0.3 is 0 Å². The molecule has 1 rings (SSSR count). The standard InChI is InChI=1S/C10H15N3O.ClH/c1-8(11)10(14)13(2)7-9-5-3-4-6-12-9;/h3-6,8H,7,11H2,1-2H3;1H. The van der Waals surface area contributed by atoms with E-state index in [-0.39, 0.29) is 18.3 Å². The summed E-state index contributed by atoms with van der Waals surface area (Å²) in [5, 5.41) is 0. The number of nitrogens with two attached hydrogens (primary N) is 1. The van der Waals surface area contributed by atoms with Crippen molar-refractivity contribution >= 4 is 18.3 Å². The van der Waals surface area contributed by atoms with Crippen LogP contribution in [-0.2, 0) is 11.3 Å². The third-order valence-corrected chi connectivity index (χ3v) is 1.89. The predicted molar refractivity (Wildman–Crippen MR) is 61.6 cm³/mol. The Balaban J connectivity index is 0.00000196. The SMILES string of the molecule is CC(N)C(=O)N(C)Cc1ccccn1.Cl. The number of pyridine rings is 1. The molecule has 0 bridgehead atoms. The molecule has 0 saturated carbocycles. The van der Waals surface area contributed by atoms with E-state index in [1.807, 2.05) is 18.2 Å². The molecule has 1 heterocycles. The molecular weight excluding hydrogens is 214 g/mol. The van der Waals surface area contributed by atoms with Gasteiger partial charge in [-0.3, -0.25) is 9.78 Å². The van der Waals surface area contributed by atoms with Gasteiger partial charge in [-0.15, -0.1) is 12.4 Å². The third kappa shape index (κ3) is 4.27. The normalized spacial score (nSPS) is 11.4. The molecule has 4 nitrogen and oxygen atoms in total. The molecule has 0 spiro atoms. The molecule has 0 aliphatic heterocycles. The maximum Gasteiger partial charge on any atom is 0.239 e. The van der Waals surface area contributed by atoms with E-state index in [0.29, 0.717) is 6.54 Å². The van der Waals surface area contributed by atoms with Gasteiger partial charge in [0.25, 0.3) is 0 Å². The van der Waals surface area contributed by atoms with E-state index in [9.17, 15) is 4.79 Å². The second-order valence-corrected chi connectivity index (χ2v) is 3.30. The van der Waals surface area contributed by atoms with E-state index >= 15 is 0 Å². The van der Waals surface area contributed by atoms with Gasteiger partial charge in [-0.05, 0) is 19.1 Å². The van der Waals surface area contributed by atoms with E-state index < -0.39 is 6.04 Å². The lowest BCUT2D eigenvalue weighted by Gasteiger charge is -2.18. The molecule has 5 heteroatoms. The van der Waals surface area contributed by atoms with Crippen LogP contribution in [0.15, 0.2) is 24.4 Å². The molecule has 0 saturated heterocycles. The summed E-state index contributed by atoms with van der Waals surface area (Å²) in [5.41, 5.74) is 6.34. The van der Waals surface area contributed by atoms with Crippen molar-refractivity contribution in [3.05, 3.63) is 30.1 Å². The van der Waals surface area contributed by atoms with Crippen LogP contribution >= 0.6 is 12.4 Å². The summed E-state index contributed by atoms with van der Waals surface area (Å²) < 4.78 is 0. The quantitative estimate of drug-likeness (QED) is 0.835. The number of carbonyl (C=O) groups excluding carboxylic acids is 1. The number of amides is 1. The number of hydrogen-bond donors (Lipinski definition) is 1. The van der Waals surface area contributed by atoms with Crippen molar-refractivity contribution in [3.8, 4) is 0 Å². The fourth-order valence-electron chi connectivity index (χ4n) is 1.16. The minimum Gasteiger partial charge on any atom is -0.339 e. The van der Waals surface area contributed by atoms with Crippen molar-refractivity contribution < 1.29 is 4.79 Å². The number of carbonyl (C=O) groups is 1. The summed E-state index contributed by atoms with van der Waals surface area (Å²) in [7, 11) is 1.72. The van der Waals surface area contributed by atoms with Gasteiger partial charge in [0.1, 0.15) is 0 Å². The first-order valence-corrected chi connectivity index (χ1v) is 4.51. The second kappa shape index (κ2) is 6.37. The average molecular weight is 230 g/mol. The molecule has 0 aliphatic rings. The van der Waals surface area contributed by atoms with Gasteiger partial charge in [-0.1, -0.05) is 6.07 Å². The maximum absolute atomic E-state index is 11.4. The smallest absolute Gasteiger partial charge is 0.239 e. The van der Waals surface area contributed by atoms with Gasteiger partial charge in [0.15, 0.2) is 0 Å². The molecule has 1 aromatic rings. The van der Waals surface area contributed by atoms with Crippen LogP contribution in [0.4, 0.5) is 0 Å². The molecule has 0 radical (unpaired) electrons. The molecule has 1 unspecified atom stereocenters. The minimum absolute atomic E-state index is 0. The molecule has 1 amide bonds. The van der Waals surface area contributed by atoms with E-state index in [1.54, 1.807) is 25.1 Å². The van der Waals surface area contributed by atoms with Crippen molar-refractivity contribution in [2.24, 2.45) is 5.73 Å². The van der Waals surface area contributed by atoms with Crippen LogP contribution in [-0.4, -0.2) is 28.9 Å². The lowest BCUT2D eigenvalue weighted by Crippen LogP contribution is -2.39. The Morgan fingerprint density at radius 1 is 1.60 bits per heavy atom. The van der Waals surface area contributed by atoms with Crippen LogP contribution < -0.4 is 5.73 Å². The lowest BCUT2D eigenvalue weighted by molar-refractivity contribution is -0.131. The number of nitrogens with zero attached hydrogens (tertiary/aromatic N) is 2. The Morgan fingerprint density at radius 3 is 2.73 bits per heavy atom. The van der Waals surface area contributed by atoms with Crippen molar-refractivity contribution in [1.29, 1.82) is 0 Å². The molecule has 0 aromatic carbocycles. The van der Waals surface area contributed by atoms with Crippen molar-refractivity contribution in [2.75, 3.05) is 7.05 Å². The summed E-state index contributed by atoms with van der Waals surface area (Å²) in [5.74, 6) is -0.0735. The average Bonchev–Trinajstić information content (AvgIpc) is 2.18. The number of aromatic nitrogens is 1. The molecule has 0 fully saturated rings. The Labute approximate surface area is 95.9 Å². The third-order valence-electron chi connectivity index (χ3n) is 1.89. The number of halogens is 1. The van der Waals surface area contributed by atoms with Crippen LogP contribution in [0, 0.1) is 0 Å². The molecule has 1 aromatic heterocycles. The van der Waals surface area contributed by atoms with E-state index in [4.69, 9.17) is 5.73 Å². The fraction of sp³-hybridized carbons (Fsp3) is 0.400. The lowest BCUT2D eigenvalue weighted by atomic mass is 10.3. The minimum atomic E-state index is -0.455. The molecular formula is C10H16ClN3O. The highest BCUT2D eigenvalue weighted by Gasteiger charge is 2.13. The highest BCUT2D eigenvalue weighted by atomic mass is 35.5. The predicted octanol–water partition coefficient (Wildman–Crippen LogP) is 0.809. The van der Waals surface area contributed by atoms with Crippen LogP contribution in [0.5, 0.6) is 0 Å². The molecule has 0 aliphatic carbocycles. The zero-order valence-electron chi connectivity index (χ0n) is 8.88. The highest BCUT2D eigenvalue weighted by molar-refractivity contribution is 5.85. The van der Waals surface area contributed by atoms with E-state index in [1.165, 1.54) is 0 Å². The van der Waals surface area contributed by atoms with Crippen LogP contribution in [0.3, 0.4) is 0 Å². The van der Waals surface area contributed by atoms with Crippen molar-refractivity contribution in [2.45, 2.75) is 19.5 Å². The largest absolute Gasteiger partial charge is 0.339 e. The summed E-state index contributed by atoms with van der Waals surface area (Å²) in [4.78, 5) is 17.1. The van der Waals surface area contributed by atoms with Crippen molar-refractivity contribution in [1.82, 2.24) is 9.88 Å². The summed E-state index contributed by atoms with van der Waals surface area (Å²) in [6, 6.07) is 5.16. The maximum atomic E-state index is 11.4.